The predicted octanol–water partition coefficient (Wildman–Crippen LogP) is 5.74. The first kappa shape index (κ1) is 22.7. The summed E-state index contributed by atoms with van der Waals surface area (Å²) in [6.07, 6.45) is -1.00. The van der Waals surface area contributed by atoms with Crippen LogP contribution in [-0.2, 0) is 9.47 Å². The first-order chi connectivity index (χ1) is 13.3. The van der Waals surface area contributed by atoms with Gasteiger partial charge in [-0.1, -0.05) is 24.3 Å². The second kappa shape index (κ2) is 8.82. The summed E-state index contributed by atoms with van der Waals surface area (Å²) < 4.78 is 10.6. The van der Waals surface area contributed by atoms with Gasteiger partial charge >= 0.3 is 12.2 Å². The number of thiazole rings is 1. The van der Waals surface area contributed by atoms with E-state index in [9.17, 15) is 9.59 Å². The van der Waals surface area contributed by atoms with Crippen molar-refractivity contribution in [2.75, 3.05) is 5.32 Å². The maximum absolute atomic E-state index is 12.0. The Hall–Kier alpha value is -2.61. The zero-order valence-corrected chi connectivity index (χ0v) is 18.8. The topological polar surface area (TPSA) is 89.5 Å². The highest BCUT2D eigenvalue weighted by Gasteiger charge is 2.20. The number of nitrogens with zero attached hydrogens (tertiary/aromatic N) is 1. The lowest BCUT2D eigenvalue weighted by Gasteiger charge is -2.22. The lowest BCUT2D eigenvalue weighted by molar-refractivity contribution is 0.0507. The fourth-order valence-corrected chi connectivity index (χ4v) is 3.18. The van der Waals surface area contributed by atoms with Gasteiger partial charge in [-0.25, -0.2) is 14.6 Å². The number of ether oxygens (including phenoxy) is 2. The van der Waals surface area contributed by atoms with Gasteiger partial charge in [0.2, 0.25) is 0 Å². The molecule has 0 aliphatic carbocycles. The second-order valence-electron chi connectivity index (χ2n) is 8.65. The minimum absolute atomic E-state index is 0.209. The lowest BCUT2D eigenvalue weighted by Crippen LogP contribution is -2.34. The van der Waals surface area contributed by atoms with Crippen LogP contribution in [-0.4, -0.2) is 28.4 Å². The van der Waals surface area contributed by atoms with Crippen LogP contribution in [0.1, 0.15) is 60.1 Å². The first-order valence-electron chi connectivity index (χ1n) is 9.37. The van der Waals surface area contributed by atoms with Crippen molar-refractivity contribution in [2.24, 2.45) is 0 Å². The van der Waals surface area contributed by atoms with Crippen LogP contribution in [0.25, 0.3) is 10.4 Å². The molecule has 0 saturated carbocycles. The third kappa shape index (κ3) is 7.38. The van der Waals surface area contributed by atoms with Crippen LogP contribution in [0.15, 0.2) is 29.8 Å². The largest absolute Gasteiger partial charge is 0.444 e. The van der Waals surface area contributed by atoms with Crippen molar-refractivity contribution in [3.63, 3.8) is 0 Å². The number of aromatic nitrogens is 1. The Labute approximate surface area is 175 Å². The summed E-state index contributed by atoms with van der Waals surface area (Å²) >= 11 is 1.42. The van der Waals surface area contributed by atoms with E-state index in [1.54, 1.807) is 26.3 Å². The van der Waals surface area contributed by atoms with Crippen LogP contribution in [0.2, 0.25) is 0 Å². The van der Waals surface area contributed by atoms with E-state index < -0.39 is 23.4 Å². The average Bonchev–Trinajstić information content (AvgIpc) is 2.99. The lowest BCUT2D eigenvalue weighted by atomic mass is 10.1. The molecule has 0 radical (unpaired) electrons. The van der Waals surface area contributed by atoms with E-state index in [0.717, 1.165) is 16.0 Å². The quantitative estimate of drug-likeness (QED) is 0.659. The first-order valence-corrected chi connectivity index (χ1v) is 10.3. The molecule has 1 aromatic heterocycles. The normalized spacial score (nSPS) is 12.8. The van der Waals surface area contributed by atoms with Gasteiger partial charge in [0.05, 0.1) is 16.4 Å². The third-order valence-electron chi connectivity index (χ3n) is 3.59. The Kier molecular flexibility index (Phi) is 6.89. The molecule has 0 aliphatic heterocycles. The highest BCUT2D eigenvalue weighted by Crippen LogP contribution is 2.32. The summed E-state index contributed by atoms with van der Waals surface area (Å²) in [7, 11) is 0. The Morgan fingerprint density at radius 2 is 1.52 bits per heavy atom. The maximum Gasteiger partial charge on any atom is 0.413 e. The van der Waals surface area contributed by atoms with Gasteiger partial charge in [0, 0.05) is 0 Å². The summed E-state index contributed by atoms with van der Waals surface area (Å²) in [6, 6.07) is 7.50. The van der Waals surface area contributed by atoms with Crippen LogP contribution in [0.3, 0.4) is 0 Å². The summed E-state index contributed by atoms with van der Waals surface area (Å²) in [5, 5.41) is 5.52. The Balaban J connectivity index is 2.07. The van der Waals surface area contributed by atoms with E-state index in [1.165, 1.54) is 11.3 Å². The van der Waals surface area contributed by atoms with Gasteiger partial charge < -0.3 is 14.8 Å². The number of nitrogens with one attached hydrogen (secondary N) is 2. The molecule has 8 heteroatoms. The van der Waals surface area contributed by atoms with E-state index in [2.05, 4.69) is 15.6 Å². The molecule has 29 heavy (non-hydrogen) atoms. The Bertz CT molecular complexity index is 848. The van der Waals surface area contributed by atoms with E-state index in [1.807, 2.05) is 52.0 Å². The van der Waals surface area contributed by atoms with Gasteiger partial charge in [0.1, 0.15) is 11.2 Å². The molecule has 0 saturated heterocycles. The molecule has 2 N–H and O–H groups in total. The second-order valence-corrected chi connectivity index (χ2v) is 9.50. The molecule has 2 aromatic rings. The third-order valence-corrected chi connectivity index (χ3v) is 4.47. The van der Waals surface area contributed by atoms with E-state index in [4.69, 9.17) is 9.47 Å². The van der Waals surface area contributed by atoms with Crippen LogP contribution >= 0.6 is 11.3 Å². The number of amides is 2. The molecule has 1 atom stereocenters. The van der Waals surface area contributed by atoms with Gasteiger partial charge in [-0.05, 0) is 59.6 Å². The molecule has 1 heterocycles. The van der Waals surface area contributed by atoms with Gasteiger partial charge in [0.25, 0.3) is 0 Å². The van der Waals surface area contributed by atoms with Crippen molar-refractivity contribution in [2.45, 2.75) is 65.7 Å². The van der Waals surface area contributed by atoms with E-state index in [0.29, 0.717) is 5.82 Å². The molecular formula is C21H29N3O4S. The summed E-state index contributed by atoms with van der Waals surface area (Å²) in [5.74, 6) is 0.455. The molecule has 0 bridgehead atoms. The molecular weight excluding hydrogens is 390 g/mol. The number of carbonyl (C=O) groups is 2. The standard InChI is InChI=1S/C21H29N3O4S/c1-13(23-18(25)27-20(2,3)4)14-8-10-15(11-9-14)16-17(22-12-29-16)24-19(26)28-21(5,6)7/h8-13H,1-7H3,(H,23,25)(H,24,26)/t13-/m0/s1. The van der Waals surface area contributed by atoms with Gasteiger partial charge in [-0.3, -0.25) is 5.32 Å². The zero-order chi connectivity index (χ0) is 21.8. The minimum Gasteiger partial charge on any atom is -0.444 e. The monoisotopic (exact) mass is 419 g/mol. The van der Waals surface area contributed by atoms with Crippen molar-refractivity contribution in [3.8, 4) is 10.4 Å². The smallest absolute Gasteiger partial charge is 0.413 e. The average molecular weight is 420 g/mol. The number of alkyl carbamates (subject to hydrolysis) is 1. The highest BCUT2D eigenvalue weighted by atomic mass is 32.1. The SMILES string of the molecule is C[C@H](NC(=O)OC(C)(C)C)c1ccc(-c2scnc2NC(=O)OC(C)(C)C)cc1. The molecule has 0 aliphatic rings. The summed E-state index contributed by atoms with van der Waals surface area (Å²) in [4.78, 5) is 29.0. The van der Waals surface area contributed by atoms with Crippen LogP contribution in [0, 0.1) is 0 Å². The van der Waals surface area contributed by atoms with Gasteiger partial charge in [-0.2, -0.15) is 0 Å². The summed E-state index contributed by atoms with van der Waals surface area (Å²) in [6.45, 7) is 12.8. The van der Waals surface area contributed by atoms with Crippen LogP contribution in [0.4, 0.5) is 15.4 Å². The molecule has 7 nitrogen and oxygen atoms in total. The molecule has 2 rings (SSSR count). The molecule has 1 aromatic carbocycles. The molecule has 2 amide bonds. The van der Waals surface area contributed by atoms with E-state index >= 15 is 0 Å². The van der Waals surface area contributed by atoms with Gasteiger partial charge in [-0.15, -0.1) is 11.3 Å². The van der Waals surface area contributed by atoms with E-state index in [-0.39, 0.29) is 6.04 Å². The number of rotatable bonds is 4. The van der Waals surface area contributed by atoms with Crippen molar-refractivity contribution < 1.29 is 19.1 Å². The van der Waals surface area contributed by atoms with Gasteiger partial charge in [0.15, 0.2) is 5.82 Å². The number of benzene rings is 1. The molecule has 158 valence electrons. The Morgan fingerprint density at radius 1 is 0.966 bits per heavy atom. The zero-order valence-electron chi connectivity index (χ0n) is 18.0. The molecule has 0 fully saturated rings. The fourth-order valence-electron chi connectivity index (χ4n) is 2.43. The summed E-state index contributed by atoms with van der Waals surface area (Å²) in [5.41, 5.74) is 2.39. The van der Waals surface area contributed by atoms with Crippen molar-refractivity contribution in [1.82, 2.24) is 10.3 Å². The van der Waals surface area contributed by atoms with Crippen LogP contribution in [0.5, 0.6) is 0 Å². The highest BCUT2D eigenvalue weighted by molar-refractivity contribution is 7.13. The number of carbonyl (C=O) groups excluding carboxylic acids is 2. The predicted molar refractivity (Wildman–Crippen MR) is 115 cm³/mol. The number of hydrogen-bond acceptors (Lipinski definition) is 6. The minimum atomic E-state index is -0.584. The Morgan fingerprint density at radius 3 is 2.07 bits per heavy atom. The number of anilines is 1. The maximum atomic E-state index is 12.0. The molecule has 0 spiro atoms. The molecule has 0 unspecified atom stereocenters. The van der Waals surface area contributed by atoms with Crippen molar-refractivity contribution in [1.29, 1.82) is 0 Å². The van der Waals surface area contributed by atoms with Crippen LogP contribution < -0.4 is 10.6 Å². The number of hydrogen-bond donors (Lipinski definition) is 2. The fraction of sp³-hybridized carbons (Fsp3) is 0.476. The van der Waals surface area contributed by atoms with Crippen molar-refractivity contribution >= 4 is 29.3 Å². The van der Waals surface area contributed by atoms with Crippen molar-refractivity contribution in [3.05, 3.63) is 35.3 Å².